The Bertz CT molecular complexity index is 687. The summed E-state index contributed by atoms with van der Waals surface area (Å²) in [6.45, 7) is 1.19. The summed E-state index contributed by atoms with van der Waals surface area (Å²) in [5, 5.41) is 24.5. The molecule has 17 heteroatoms. The molecule has 0 amide bonds. The third kappa shape index (κ3) is 10.1. The van der Waals surface area contributed by atoms with Gasteiger partial charge >= 0.3 is 164 Å². The van der Waals surface area contributed by atoms with Crippen LogP contribution in [0.4, 0.5) is 0 Å². The average Bonchev–Trinajstić information content (AvgIpc) is 2.48. The van der Waals surface area contributed by atoms with E-state index >= 15 is 0 Å². The molecule has 0 aromatic heterocycles. The monoisotopic (exact) mass is 486 g/mol. The zero-order valence-electron chi connectivity index (χ0n) is 15.1. The van der Waals surface area contributed by atoms with E-state index in [2.05, 4.69) is 0 Å². The van der Waals surface area contributed by atoms with E-state index in [0.29, 0.717) is 0 Å². The molecular formula is C12H25O14P3. The summed E-state index contributed by atoms with van der Waals surface area (Å²) >= 11 is 0. The van der Waals surface area contributed by atoms with Crippen molar-refractivity contribution in [3.63, 3.8) is 0 Å². The Morgan fingerprint density at radius 3 is 1.48 bits per heavy atom. The Balaban J connectivity index is 5.56. The Hall–Kier alpha value is -0.940. The molecule has 14 nitrogen and oxygen atoms in total. The SMILES string of the molecule is CC(CC(CC(C[PH](O)(O)CC(P(=O)(O)O)P(=O)(O)O)C(=O)O)C(=O)O)C(=O)O. The topological polar surface area (TPSA) is 267 Å². The van der Waals surface area contributed by atoms with Gasteiger partial charge in [-0.05, 0) is 0 Å². The van der Waals surface area contributed by atoms with Crippen molar-refractivity contribution in [2.24, 2.45) is 17.8 Å². The standard InChI is InChI=1S/C12H25O14P3/c1-6(10(13)14)2-7(11(15)16)3-8(12(17)18)4-27(19,20)5-9(28(21,22)23)29(24,25)26/h6-9,19-20,27H,2-5H2,1H3,(H,13,14)(H,15,16)(H,17,18)(H2,21,22,23)(H2,24,25,26). The van der Waals surface area contributed by atoms with Gasteiger partial charge in [0.25, 0.3) is 0 Å². The molecule has 0 aromatic carbocycles. The predicted octanol–water partition coefficient (Wildman–Crippen LogP) is -0.865. The molecule has 0 aliphatic rings. The molecule has 29 heavy (non-hydrogen) atoms. The number of hydrogen-bond donors (Lipinski definition) is 9. The van der Waals surface area contributed by atoms with Crippen molar-refractivity contribution in [1.82, 2.24) is 0 Å². The van der Waals surface area contributed by atoms with Crippen LogP contribution in [0.1, 0.15) is 19.8 Å². The fourth-order valence-corrected chi connectivity index (χ4v) is 9.75. The van der Waals surface area contributed by atoms with Gasteiger partial charge in [-0.1, -0.05) is 0 Å². The first-order valence-corrected chi connectivity index (χ1v) is 13.7. The molecule has 3 atom stereocenters. The molecule has 0 aromatic rings. The van der Waals surface area contributed by atoms with Crippen molar-refractivity contribution >= 4 is 40.8 Å². The fraction of sp³-hybridized carbons (Fsp3) is 0.750. The molecule has 0 spiro atoms. The van der Waals surface area contributed by atoms with Gasteiger partial charge in [0.1, 0.15) is 0 Å². The molecule has 0 aliphatic carbocycles. The minimum atomic E-state index is -5.49. The molecule has 0 rings (SSSR count). The summed E-state index contributed by atoms with van der Waals surface area (Å²) in [7, 11) is -15.9. The second kappa shape index (κ2) is 10.4. The minimum absolute atomic E-state index is 0.465. The van der Waals surface area contributed by atoms with Gasteiger partial charge in [-0.25, -0.2) is 0 Å². The van der Waals surface area contributed by atoms with E-state index in [1.807, 2.05) is 0 Å². The normalized spacial score (nSPS) is 16.8. The van der Waals surface area contributed by atoms with E-state index in [1.54, 1.807) is 0 Å². The second-order valence-corrected chi connectivity index (χ2v) is 13.6. The van der Waals surface area contributed by atoms with Crippen LogP contribution in [0.5, 0.6) is 0 Å². The molecule has 172 valence electrons. The van der Waals surface area contributed by atoms with Crippen molar-refractivity contribution in [1.29, 1.82) is 0 Å². The average molecular weight is 486 g/mol. The van der Waals surface area contributed by atoms with Crippen LogP contribution < -0.4 is 0 Å². The van der Waals surface area contributed by atoms with Crippen LogP contribution >= 0.6 is 22.9 Å². The third-order valence-electron chi connectivity index (χ3n) is 4.19. The number of carboxylic acid groups (broad SMARTS) is 3. The molecule has 3 unspecified atom stereocenters. The zero-order chi connectivity index (χ0) is 23.4. The molecule has 0 saturated carbocycles. The maximum absolute atomic E-state index is 11.4. The molecule has 9 N–H and O–H groups in total. The van der Waals surface area contributed by atoms with Crippen LogP contribution in [-0.4, -0.2) is 80.3 Å². The summed E-state index contributed by atoms with van der Waals surface area (Å²) in [4.78, 5) is 90.0. The van der Waals surface area contributed by atoms with Crippen molar-refractivity contribution in [3.05, 3.63) is 0 Å². The number of rotatable bonds is 13. The first-order valence-electron chi connectivity index (χ1n) is 8.01. The van der Waals surface area contributed by atoms with Gasteiger partial charge in [-0.2, -0.15) is 0 Å². The predicted molar refractivity (Wildman–Crippen MR) is 98.6 cm³/mol. The van der Waals surface area contributed by atoms with E-state index in [9.17, 15) is 43.5 Å². The molecule has 0 saturated heterocycles. The third-order valence-corrected chi connectivity index (χ3v) is 10.8. The van der Waals surface area contributed by atoms with Gasteiger partial charge in [-0.15, -0.1) is 0 Å². The quantitative estimate of drug-likeness (QED) is 0.143. The first-order chi connectivity index (χ1) is 12.8. The van der Waals surface area contributed by atoms with Gasteiger partial charge in [0.2, 0.25) is 0 Å². The second-order valence-electron chi connectivity index (χ2n) is 6.83. The number of hydrogen-bond acceptors (Lipinski definition) is 7. The summed E-state index contributed by atoms with van der Waals surface area (Å²) in [5.41, 5.74) is 0. The van der Waals surface area contributed by atoms with E-state index in [4.69, 9.17) is 24.7 Å². The van der Waals surface area contributed by atoms with Crippen molar-refractivity contribution in [3.8, 4) is 0 Å². The molecule has 0 fully saturated rings. The van der Waals surface area contributed by atoms with E-state index in [1.165, 1.54) is 6.92 Å². The van der Waals surface area contributed by atoms with Gasteiger partial charge in [0.15, 0.2) is 0 Å². The fourth-order valence-electron chi connectivity index (χ4n) is 2.64. The van der Waals surface area contributed by atoms with Crippen molar-refractivity contribution in [2.75, 3.05) is 12.3 Å². The Morgan fingerprint density at radius 1 is 0.759 bits per heavy atom. The van der Waals surface area contributed by atoms with E-state index in [0.717, 1.165) is 0 Å². The van der Waals surface area contributed by atoms with Crippen LogP contribution in [0.15, 0.2) is 0 Å². The molecule has 0 aliphatic heterocycles. The van der Waals surface area contributed by atoms with Gasteiger partial charge in [0, 0.05) is 0 Å². The van der Waals surface area contributed by atoms with Crippen molar-refractivity contribution < 1.29 is 68.2 Å². The van der Waals surface area contributed by atoms with E-state index in [-0.39, 0.29) is 0 Å². The maximum atomic E-state index is 11.4. The van der Waals surface area contributed by atoms with Gasteiger partial charge in [-0.3, -0.25) is 0 Å². The first kappa shape index (κ1) is 28.1. The Morgan fingerprint density at radius 2 is 1.17 bits per heavy atom. The molecule has 0 heterocycles. The van der Waals surface area contributed by atoms with Crippen LogP contribution in [0.3, 0.4) is 0 Å². The van der Waals surface area contributed by atoms with Crippen LogP contribution in [0.2, 0.25) is 0 Å². The Labute approximate surface area is 165 Å². The van der Waals surface area contributed by atoms with Crippen LogP contribution in [0.25, 0.3) is 0 Å². The number of carboxylic acids is 3. The summed E-state index contributed by atoms with van der Waals surface area (Å²) in [6, 6.07) is 0. The van der Waals surface area contributed by atoms with E-state index < -0.39 is 89.1 Å². The summed E-state index contributed by atoms with van der Waals surface area (Å²) < 4.78 is 22.6. The van der Waals surface area contributed by atoms with Crippen molar-refractivity contribution in [2.45, 2.75) is 25.2 Å². The number of aliphatic carboxylic acids is 3. The van der Waals surface area contributed by atoms with Gasteiger partial charge < -0.3 is 0 Å². The van der Waals surface area contributed by atoms with Gasteiger partial charge in [0.05, 0.1) is 0 Å². The molecule has 0 bridgehead atoms. The molecule has 0 radical (unpaired) electrons. The van der Waals surface area contributed by atoms with Crippen LogP contribution in [0, 0.1) is 17.8 Å². The summed E-state index contributed by atoms with van der Waals surface area (Å²) in [5.74, 6) is -8.97. The molecular weight excluding hydrogens is 461 g/mol. The van der Waals surface area contributed by atoms with Crippen LogP contribution in [-0.2, 0) is 23.5 Å². The Kier molecular flexibility index (Phi) is 10.1. The zero-order valence-corrected chi connectivity index (χ0v) is 17.9. The summed E-state index contributed by atoms with van der Waals surface area (Å²) in [6.07, 6.45) is -3.72. The number of carbonyl (C=O) groups is 3.